The Kier molecular flexibility index (Phi) is 11.0. The number of benzene rings is 9. The normalized spacial score (nSPS) is 11.0. The van der Waals surface area contributed by atoms with E-state index in [-0.39, 0.29) is 0 Å². The lowest BCUT2D eigenvalue weighted by Crippen LogP contribution is -2.01. The average molecular weight is 842 g/mol. The number of rotatable bonds is 10. The van der Waals surface area contributed by atoms with E-state index in [0.29, 0.717) is 5.82 Å². The zero-order valence-electron chi connectivity index (χ0n) is 36.2. The van der Waals surface area contributed by atoms with Crippen molar-refractivity contribution in [1.82, 2.24) is 15.0 Å². The Morgan fingerprint density at radius 1 is 0.182 bits per heavy atom. The summed E-state index contributed by atoms with van der Waals surface area (Å²) in [6, 6.07) is 91.7. The van der Waals surface area contributed by atoms with Crippen LogP contribution in [-0.4, -0.2) is 15.0 Å². The first-order valence-corrected chi connectivity index (χ1v) is 22.3. The highest BCUT2D eigenvalue weighted by Gasteiger charge is 2.25. The molecule has 0 unspecified atom stereocenters. The van der Waals surface area contributed by atoms with E-state index in [2.05, 4.69) is 255 Å². The van der Waals surface area contributed by atoms with Gasteiger partial charge in [-0.25, -0.2) is 15.0 Å². The van der Waals surface area contributed by atoms with Gasteiger partial charge in [-0.1, -0.05) is 243 Å². The maximum absolute atomic E-state index is 5.63. The monoisotopic (exact) mass is 841 g/mol. The molecule has 0 spiro atoms. The molecule has 11 rings (SSSR count). The lowest BCUT2D eigenvalue weighted by atomic mass is 9.83. The molecule has 310 valence electrons. The number of aromatic nitrogens is 3. The second-order valence-electron chi connectivity index (χ2n) is 16.3. The van der Waals surface area contributed by atoms with Gasteiger partial charge in [-0.2, -0.15) is 0 Å². The molecule has 0 saturated heterocycles. The summed E-state index contributed by atoms with van der Waals surface area (Å²) in [7, 11) is 0. The molecule has 66 heavy (non-hydrogen) atoms. The largest absolute Gasteiger partial charge is 0.246 e. The van der Waals surface area contributed by atoms with Gasteiger partial charge in [0.1, 0.15) is 0 Å². The Balaban J connectivity index is 1.12. The molecule has 9 aromatic carbocycles. The second-order valence-corrected chi connectivity index (χ2v) is 16.3. The summed E-state index contributed by atoms with van der Waals surface area (Å²) in [6.07, 6.45) is 0. The molecule has 0 saturated carbocycles. The minimum Gasteiger partial charge on any atom is -0.246 e. The summed E-state index contributed by atoms with van der Waals surface area (Å²) in [5.41, 5.74) is 19.7. The molecule has 0 amide bonds. The van der Waals surface area contributed by atoms with Crippen LogP contribution in [0.15, 0.2) is 261 Å². The van der Waals surface area contributed by atoms with E-state index in [1.165, 1.54) is 0 Å². The first-order chi connectivity index (χ1) is 32.7. The predicted octanol–water partition coefficient (Wildman–Crippen LogP) is 16.5. The first kappa shape index (κ1) is 40.0. The quantitative estimate of drug-likeness (QED) is 0.138. The van der Waals surface area contributed by atoms with Gasteiger partial charge in [0, 0.05) is 44.5 Å². The zero-order valence-corrected chi connectivity index (χ0v) is 36.2. The van der Waals surface area contributed by atoms with Crippen LogP contribution >= 0.6 is 0 Å². The van der Waals surface area contributed by atoms with Crippen LogP contribution < -0.4 is 0 Å². The standard InChI is InChI=1S/C63H43N3/c1-7-21-44(22-8-1)52-33-19-35-54(41-52)57-43-56(64-63(65-57)55-36-20-34-53(42-55)45-23-9-2-10-24-45)46-37-39-49(40-38-46)58-59(47-25-11-3-12-26-47)61(50-29-15-5-16-30-50)66-62(51-31-17-6-18-32-51)60(58)48-27-13-4-14-28-48/h1-43H. The molecule has 0 aliphatic heterocycles. The highest BCUT2D eigenvalue weighted by atomic mass is 14.9. The number of nitrogens with zero attached hydrogens (tertiary/aromatic N) is 3. The molecule has 2 aromatic heterocycles. The van der Waals surface area contributed by atoms with Gasteiger partial charge in [0.2, 0.25) is 0 Å². The van der Waals surface area contributed by atoms with Crippen LogP contribution in [-0.2, 0) is 0 Å². The molecule has 0 radical (unpaired) electrons. The van der Waals surface area contributed by atoms with Crippen LogP contribution in [0, 0.1) is 0 Å². The average Bonchev–Trinajstić information content (AvgIpc) is 3.42. The van der Waals surface area contributed by atoms with Crippen molar-refractivity contribution >= 4 is 0 Å². The van der Waals surface area contributed by atoms with Crippen molar-refractivity contribution < 1.29 is 0 Å². The molecule has 0 fully saturated rings. The summed E-state index contributed by atoms with van der Waals surface area (Å²) in [5, 5.41) is 0. The van der Waals surface area contributed by atoms with Gasteiger partial charge in [0.05, 0.1) is 22.8 Å². The van der Waals surface area contributed by atoms with Gasteiger partial charge < -0.3 is 0 Å². The van der Waals surface area contributed by atoms with E-state index in [1.54, 1.807) is 0 Å². The van der Waals surface area contributed by atoms with Crippen molar-refractivity contribution in [3.05, 3.63) is 261 Å². The van der Waals surface area contributed by atoms with E-state index >= 15 is 0 Å². The van der Waals surface area contributed by atoms with Crippen LogP contribution in [0.4, 0.5) is 0 Å². The maximum Gasteiger partial charge on any atom is 0.160 e. The lowest BCUT2D eigenvalue weighted by Gasteiger charge is -2.23. The Morgan fingerprint density at radius 3 is 0.955 bits per heavy atom. The van der Waals surface area contributed by atoms with Crippen molar-refractivity contribution in [3.63, 3.8) is 0 Å². The van der Waals surface area contributed by atoms with E-state index < -0.39 is 0 Å². The zero-order chi connectivity index (χ0) is 44.1. The van der Waals surface area contributed by atoms with Crippen molar-refractivity contribution in [1.29, 1.82) is 0 Å². The van der Waals surface area contributed by atoms with Gasteiger partial charge in [0.15, 0.2) is 5.82 Å². The summed E-state index contributed by atoms with van der Waals surface area (Å²) in [6.45, 7) is 0. The highest BCUT2D eigenvalue weighted by molar-refractivity contribution is 6.05. The van der Waals surface area contributed by atoms with Crippen molar-refractivity contribution in [2.45, 2.75) is 0 Å². The molecule has 3 nitrogen and oxygen atoms in total. The van der Waals surface area contributed by atoms with Gasteiger partial charge in [0.25, 0.3) is 0 Å². The SMILES string of the molecule is c1ccc(-c2cccc(-c3cc(-c4ccc(-c5c(-c6ccccc6)c(-c6ccccc6)nc(-c6ccccc6)c5-c5ccccc5)cc4)nc(-c4cccc(-c5ccccc5)c4)n3)c2)cc1. The molecule has 0 aliphatic carbocycles. The van der Waals surface area contributed by atoms with Crippen LogP contribution in [0.2, 0.25) is 0 Å². The van der Waals surface area contributed by atoms with E-state index in [4.69, 9.17) is 15.0 Å². The fraction of sp³-hybridized carbons (Fsp3) is 0. The molecule has 0 N–H and O–H groups in total. The van der Waals surface area contributed by atoms with Crippen molar-refractivity contribution in [3.8, 4) is 112 Å². The minimum atomic E-state index is 0.668. The molecule has 11 aromatic rings. The van der Waals surface area contributed by atoms with Gasteiger partial charge in [-0.15, -0.1) is 0 Å². The molecule has 0 bridgehead atoms. The smallest absolute Gasteiger partial charge is 0.160 e. The Morgan fingerprint density at radius 2 is 0.500 bits per heavy atom. The third kappa shape index (κ3) is 8.14. The maximum atomic E-state index is 5.63. The number of pyridine rings is 1. The first-order valence-electron chi connectivity index (χ1n) is 22.3. The van der Waals surface area contributed by atoms with Crippen LogP contribution in [0.3, 0.4) is 0 Å². The number of hydrogen-bond acceptors (Lipinski definition) is 3. The van der Waals surface area contributed by atoms with Crippen LogP contribution in [0.5, 0.6) is 0 Å². The molecule has 2 heterocycles. The van der Waals surface area contributed by atoms with Crippen LogP contribution in [0.25, 0.3) is 112 Å². The predicted molar refractivity (Wildman–Crippen MR) is 274 cm³/mol. The third-order valence-corrected chi connectivity index (χ3v) is 12.1. The van der Waals surface area contributed by atoms with Crippen molar-refractivity contribution in [2.75, 3.05) is 0 Å². The summed E-state index contributed by atoms with van der Waals surface area (Å²) >= 11 is 0. The summed E-state index contributed by atoms with van der Waals surface area (Å²) in [5.74, 6) is 0.668. The molecule has 0 aliphatic rings. The Labute approximate surface area is 386 Å². The second kappa shape index (κ2) is 18.1. The van der Waals surface area contributed by atoms with Crippen LogP contribution in [0.1, 0.15) is 0 Å². The van der Waals surface area contributed by atoms with Crippen molar-refractivity contribution in [2.24, 2.45) is 0 Å². The Bertz CT molecular complexity index is 3210. The number of hydrogen-bond donors (Lipinski definition) is 0. The lowest BCUT2D eigenvalue weighted by molar-refractivity contribution is 1.18. The topological polar surface area (TPSA) is 38.7 Å². The van der Waals surface area contributed by atoms with E-state index in [9.17, 15) is 0 Å². The third-order valence-electron chi connectivity index (χ3n) is 12.1. The molecular weight excluding hydrogens is 799 g/mol. The molecular formula is C63H43N3. The minimum absolute atomic E-state index is 0.668. The highest BCUT2D eigenvalue weighted by Crippen LogP contribution is 2.49. The van der Waals surface area contributed by atoms with E-state index in [0.717, 1.165) is 106 Å². The summed E-state index contributed by atoms with van der Waals surface area (Å²) in [4.78, 5) is 16.2. The van der Waals surface area contributed by atoms with E-state index in [1.807, 2.05) is 6.07 Å². The fourth-order valence-corrected chi connectivity index (χ4v) is 8.89. The summed E-state index contributed by atoms with van der Waals surface area (Å²) < 4.78 is 0. The van der Waals surface area contributed by atoms with Gasteiger partial charge in [-0.3, -0.25) is 0 Å². The molecule has 3 heteroatoms. The van der Waals surface area contributed by atoms with Gasteiger partial charge in [-0.05, 0) is 57.1 Å². The van der Waals surface area contributed by atoms with Gasteiger partial charge >= 0.3 is 0 Å². The molecule has 0 atom stereocenters. The fourth-order valence-electron chi connectivity index (χ4n) is 8.89. The Hall–Kier alpha value is -8.79.